The van der Waals surface area contributed by atoms with Crippen molar-refractivity contribution in [3.8, 4) is 0 Å². The van der Waals surface area contributed by atoms with Gasteiger partial charge in [-0.3, -0.25) is 5.32 Å². The lowest BCUT2D eigenvalue weighted by molar-refractivity contribution is -0.901. The van der Waals surface area contributed by atoms with Gasteiger partial charge in [-0.25, -0.2) is 9.78 Å². The number of anilines is 1. The first-order valence-electron chi connectivity index (χ1n) is 5.41. The number of methoxy groups -OCH3 is 1. The molecule has 1 aromatic rings. The van der Waals surface area contributed by atoms with Gasteiger partial charge in [0.05, 0.1) is 25.1 Å². The highest BCUT2D eigenvalue weighted by Crippen LogP contribution is 2.17. The van der Waals surface area contributed by atoms with Crippen LogP contribution < -0.4 is 10.2 Å². The summed E-state index contributed by atoms with van der Waals surface area (Å²) in [7, 11) is 1.35. The van der Waals surface area contributed by atoms with E-state index in [0.717, 1.165) is 6.54 Å². The summed E-state index contributed by atoms with van der Waals surface area (Å²) < 4.78 is 4.51. The van der Waals surface area contributed by atoms with Gasteiger partial charge in [-0.1, -0.05) is 11.3 Å². The van der Waals surface area contributed by atoms with Crippen LogP contribution in [0.1, 0.15) is 17.7 Å². The number of hydrogen-bond acceptors (Lipinski definition) is 4. The topological polar surface area (TPSA) is 55.7 Å². The first-order valence-corrected chi connectivity index (χ1v) is 6.23. The molecule has 2 N–H and O–H groups in total. The van der Waals surface area contributed by atoms with Gasteiger partial charge in [-0.05, 0) is 0 Å². The maximum absolute atomic E-state index is 11.0. The van der Waals surface area contributed by atoms with Crippen molar-refractivity contribution in [1.29, 1.82) is 0 Å². The number of thiazole rings is 1. The number of carbonyl (C=O) groups excluding carboxylic acids is 1. The molecule has 0 saturated carbocycles. The summed E-state index contributed by atoms with van der Waals surface area (Å²) >= 11 is 1.52. The highest BCUT2D eigenvalue weighted by Gasteiger charge is 2.17. The van der Waals surface area contributed by atoms with Crippen LogP contribution in [0.2, 0.25) is 0 Å². The van der Waals surface area contributed by atoms with Crippen LogP contribution >= 0.6 is 11.3 Å². The fourth-order valence-corrected chi connectivity index (χ4v) is 2.75. The number of hydrogen-bond donors (Lipinski definition) is 2. The molecule has 0 bridgehead atoms. The third-order valence-electron chi connectivity index (χ3n) is 2.68. The Morgan fingerprint density at radius 2 is 2.38 bits per heavy atom. The number of quaternary nitrogens is 1. The molecule has 0 unspecified atom stereocenters. The Kier molecular flexibility index (Phi) is 3.74. The molecule has 0 atom stereocenters. The Hall–Kier alpha value is -1.14. The summed E-state index contributed by atoms with van der Waals surface area (Å²) in [5.74, 6) is 0. The van der Waals surface area contributed by atoms with Crippen molar-refractivity contribution in [1.82, 2.24) is 4.98 Å². The summed E-state index contributed by atoms with van der Waals surface area (Å²) in [6.07, 6.45) is 4.01. The van der Waals surface area contributed by atoms with E-state index in [4.69, 9.17) is 0 Å². The molecule has 0 radical (unpaired) electrons. The minimum atomic E-state index is -0.464. The zero-order valence-corrected chi connectivity index (χ0v) is 10.1. The van der Waals surface area contributed by atoms with Gasteiger partial charge in [0.1, 0.15) is 6.54 Å². The predicted octanol–water partition coefficient (Wildman–Crippen LogP) is 0.500. The first kappa shape index (κ1) is 11.3. The standard InChI is InChI=1S/C10H15N3O2S/c1-15-10(14)12-9-11-6-8(16-9)7-13-4-2-3-5-13/h6H,2-5,7H2,1H3,(H,11,12,14)/p+1. The second-order valence-electron chi connectivity index (χ2n) is 3.88. The zero-order chi connectivity index (χ0) is 11.4. The van der Waals surface area contributed by atoms with Crippen LogP contribution in [0.5, 0.6) is 0 Å². The van der Waals surface area contributed by atoms with E-state index in [0.29, 0.717) is 5.13 Å². The minimum Gasteiger partial charge on any atom is -0.453 e. The first-order chi connectivity index (χ1) is 7.78. The highest BCUT2D eigenvalue weighted by molar-refractivity contribution is 7.15. The van der Waals surface area contributed by atoms with Crippen molar-refractivity contribution in [2.24, 2.45) is 0 Å². The molecule has 16 heavy (non-hydrogen) atoms. The molecule has 1 aliphatic heterocycles. The normalized spacial score (nSPS) is 16.3. The predicted molar refractivity (Wildman–Crippen MR) is 61.8 cm³/mol. The van der Waals surface area contributed by atoms with E-state index < -0.39 is 6.09 Å². The lowest BCUT2D eigenvalue weighted by Crippen LogP contribution is -3.08. The lowest BCUT2D eigenvalue weighted by Gasteiger charge is -2.09. The Balaban J connectivity index is 1.88. The molecule has 1 fully saturated rings. The van der Waals surface area contributed by atoms with E-state index in [-0.39, 0.29) is 0 Å². The molecule has 1 amide bonds. The quantitative estimate of drug-likeness (QED) is 0.811. The number of rotatable bonds is 3. The van der Waals surface area contributed by atoms with Crippen LogP contribution in [0.3, 0.4) is 0 Å². The van der Waals surface area contributed by atoms with Gasteiger partial charge in [0.25, 0.3) is 0 Å². The summed E-state index contributed by atoms with van der Waals surface area (Å²) in [6.45, 7) is 3.51. The van der Waals surface area contributed by atoms with Crippen LogP contribution in [-0.2, 0) is 11.3 Å². The molecular weight excluding hydrogens is 226 g/mol. The van der Waals surface area contributed by atoms with Crippen molar-refractivity contribution in [3.63, 3.8) is 0 Å². The van der Waals surface area contributed by atoms with E-state index >= 15 is 0 Å². The van der Waals surface area contributed by atoms with Gasteiger partial charge in [0.2, 0.25) is 0 Å². The van der Waals surface area contributed by atoms with Crippen LogP contribution in [0, 0.1) is 0 Å². The monoisotopic (exact) mass is 242 g/mol. The van der Waals surface area contributed by atoms with Crippen LogP contribution in [0.15, 0.2) is 6.20 Å². The van der Waals surface area contributed by atoms with Crippen molar-refractivity contribution in [2.75, 3.05) is 25.5 Å². The smallest absolute Gasteiger partial charge is 0.413 e. The molecular formula is C10H16N3O2S+. The van der Waals surface area contributed by atoms with E-state index in [9.17, 15) is 4.79 Å². The van der Waals surface area contributed by atoms with Gasteiger partial charge < -0.3 is 9.64 Å². The van der Waals surface area contributed by atoms with Crippen LogP contribution in [-0.4, -0.2) is 31.3 Å². The fraction of sp³-hybridized carbons (Fsp3) is 0.600. The SMILES string of the molecule is COC(=O)Nc1ncc(C[NH+]2CCCC2)s1. The average Bonchev–Trinajstić information content (AvgIpc) is 2.91. The number of nitrogens with zero attached hydrogens (tertiary/aromatic N) is 1. The molecule has 88 valence electrons. The van der Waals surface area contributed by atoms with Gasteiger partial charge in [0.15, 0.2) is 5.13 Å². The van der Waals surface area contributed by atoms with Crippen molar-refractivity contribution in [2.45, 2.75) is 19.4 Å². The molecule has 0 aliphatic carbocycles. The molecule has 0 aromatic carbocycles. The van der Waals surface area contributed by atoms with Crippen LogP contribution in [0.4, 0.5) is 9.93 Å². The highest BCUT2D eigenvalue weighted by atomic mass is 32.1. The maximum Gasteiger partial charge on any atom is 0.413 e. The molecule has 5 nitrogen and oxygen atoms in total. The molecule has 1 aromatic heterocycles. The Morgan fingerprint density at radius 1 is 1.62 bits per heavy atom. The largest absolute Gasteiger partial charge is 0.453 e. The van der Waals surface area contributed by atoms with Crippen molar-refractivity contribution >= 4 is 22.6 Å². The molecule has 0 spiro atoms. The van der Waals surface area contributed by atoms with E-state index in [2.05, 4.69) is 15.0 Å². The molecule has 6 heteroatoms. The number of amides is 1. The Bertz CT molecular complexity index is 361. The van der Waals surface area contributed by atoms with Crippen LogP contribution in [0.25, 0.3) is 0 Å². The summed E-state index contributed by atoms with van der Waals surface area (Å²) in [5, 5.41) is 3.19. The van der Waals surface area contributed by atoms with Crippen molar-refractivity contribution < 1.29 is 14.4 Å². The summed E-state index contributed by atoms with van der Waals surface area (Å²) in [4.78, 5) is 17.9. The number of ether oxygens (including phenoxy) is 1. The molecule has 2 heterocycles. The average molecular weight is 242 g/mol. The molecule has 2 rings (SSSR count). The lowest BCUT2D eigenvalue weighted by atomic mass is 10.4. The number of aromatic nitrogens is 1. The summed E-state index contributed by atoms with van der Waals surface area (Å²) in [5.41, 5.74) is 0. The van der Waals surface area contributed by atoms with E-state index in [1.54, 1.807) is 4.90 Å². The van der Waals surface area contributed by atoms with E-state index in [1.165, 1.54) is 49.3 Å². The van der Waals surface area contributed by atoms with Gasteiger partial charge >= 0.3 is 6.09 Å². The second-order valence-corrected chi connectivity index (χ2v) is 5.00. The number of likely N-dealkylation sites (tertiary alicyclic amines) is 1. The Morgan fingerprint density at radius 3 is 3.06 bits per heavy atom. The van der Waals surface area contributed by atoms with Gasteiger partial charge in [0, 0.05) is 19.0 Å². The minimum absolute atomic E-state index is 0.464. The Labute approximate surface area is 98.4 Å². The summed E-state index contributed by atoms with van der Waals surface area (Å²) in [6, 6.07) is 0. The van der Waals surface area contributed by atoms with Crippen molar-refractivity contribution in [3.05, 3.63) is 11.1 Å². The molecule has 1 saturated heterocycles. The maximum atomic E-state index is 11.0. The third kappa shape index (κ3) is 2.93. The fourth-order valence-electron chi connectivity index (χ4n) is 1.88. The zero-order valence-electron chi connectivity index (χ0n) is 9.28. The second kappa shape index (κ2) is 5.27. The van der Waals surface area contributed by atoms with E-state index in [1.807, 2.05) is 6.20 Å². The molecule has 1 aliphatic rings. The third-order valence-corrected chi connectivity index (χ3v) is 3.60. The van der Waals surface area contributed by atoms with Gasteiger partial charge in [-0.2, -0.15) is 0 Å². The number of nitrogens with one attached hydrogen (secondary N) is 2. The number of carbonyl (C=O) groups is 1. The van der Waals surface area contributed by atoms with Gasteiger partial charge in [-0.15, -0.1) is 0 Å².